The van der Waals surface area contributed by atoms with Crippen molar-refractivity contribution in [2.45, 2.75) is 18.9 Å². The van der Waals surface area contributed by atoms with Gasteiger partial charge in [0.1, 0.15) is 12.4 Å². The number of nitrogens with zero attached hydrogens (tertiary/aromatic N) is 3. The van der Waals surface area contributed by atoms with E-state index in [0.717, 1.165) is 25.2 Å². The van der Waals surface area contributed by atoms with Gasteiger partial charge in [-0.3, -0.25) is 10.1 Å². The van der Waals surface area contributed by atoms with Gasteiger partial charge >= 0.3 is 5.69 Å². The highest BCUT2D eigenvalue weighted by atomic mass is 16.6. The van der Waals surface area contributed by atoms with Gasteiger partial charge in [-0.1, -0.05) is 0 Å². The van der Waals surface area contributed by atoms with Crippen LogP contribution in [-0.2, 0) is 0 Å². The Morgan fingerprint density at radius 2 is 2.19 bits per heavy atom. The molecular formula is C9H12N4O3. The Morgan fingerprint density at radius 3 is 2.62 bits per heavy atom. The maximum absolute atomic E-state index is 10.4. The van der Waals surface area contributed by atoms with E-state index in [4.69, 9.17) is 5.11 Å². The molecule has 0 radical (unpaired) electrons. The van der Waals surface area contributed by atoms with Crippen molar-refractivity contribution in [3.63, 3.8) is 0 Å². The Morgan fingerprint density at radius 1 is 1.56 bits per heavy atom. The molecule has 1 aromatic heterocycles. The molecule has 0 aromatic carbocycles. The average molecular weight is 224 g/mol. The predicted molar refractivity (Wildman–Crippen MR) is 55.9 cm³/mol. The molecule has 1 saturated carbocycles. The van der Waals surface area contributed by atoms with E-state index in [1.807, 2.05) is 0 Å². The topological polar surface area (TPSA) is 101 Å². The van der Waals surface area contributed by atoms with Crippen LogP contribution in [0.3, 0.4) is 0 Å². The summed E-state index contributed by atoms with van der Waals surface area (Å²) in [5.41, 5.74) is -0.141. The fourth-order valence-electron chi connectivity index (χ4n) is 1.47. The molecule has 7 heteroatoms. The lowest BCUT2D eigenvalue weighted by Crippen LogP contribution is -2.27. The molecular weight excluding hydrogens is 212 g/mol. The minimum atomic E-state index is -0.547. The van der Waals surface area contributed by atoms with Crippen molar-refractivity contribution in [1.29, 1.82) is 0 Å². The largest absolute Gasteiger partial charge is 0.394 e. The van der Waals surface area contributed by atoms with Crippen molar-refractivity contribution < 1.29 is 10.0 Å². The predicted octanol–water partition coefficient (Wildman–Crippen LogP) is 0.568. The third-order valence-corrected chi connectivity index (χ3v) is 2.55. The SMILES string of the molecule is O=[N+]([O-])c1cnc(NC(CO)C2CC2)nc1. The third kappa shape index (κ3) is 2.43. The summed E-state index contributed by atoms with van der Waals surface area (Å²) >= 11 is 0. The third-order valence-electron chi connectivity index (χ3n) is 2.55. The van der Waals surface area contributed by atoms with Gasteiger partial charge in [0.05, 0.1) is 17.6 Å². The highest BCUT2D eigenvalue weighted by Crippen LogP contribution is 2.33. The number of aliphatic hydroxyl groups excluding tert-OH is 1. The van der Waals surface area contributed by atoms with Crippen LogP contribution in [0.5, 0.6) is 0 Å². The zero-order chi connectivity index (χ0) is 11.5. The lowest BCUT2D eigenvalue weighted by molar-refractivity contribution is -0.385. The van der Waals surface area contributed by atoms with Crippen molar-refractivity contribution in [3.05, 3.63) is 22.5 Å². The first kappa shape index (κ1) is 10.7. The summed E-state index contributed by atoms with van der Waals surface area (Å²) in [4.78, 5) is 17.5. The minimum absolute atomic E-state index is 0.0189. The summed E-state index contributed by atoms with van der Waals surface area (Å²) in [6, 6.07) is -0.0542. The quantitative estimate of drug-likeness (QED) is 0.560. The summed E-state index contributed by atoms with van der Waals surface area (Å²) in [7, 11) is 0. The highest BCUT2D eigenvalue weighted by molar-refractivity contribution is 5.32. The first-order valence-electron chi connectivity index (χ1n) is 5.04. The van der Waals surface area contributed by atoms with Gasteiger partial charge in [0.2, 0.25) is 5.95 Å². The summed E-state index contributed by atoms with van der Waals surface area (Å²) in [5.74, 6) is 0.778. The number of anilines is 1. The molecule has 1 heterocycles. The average Bonchev–Trinajstić information content (AvgIpc) is 3.10. The first-order valence-corrected chi connectivity index (χ1v) is 5.04. The van der Waals surface area contributed by atoms with Gasteiger partial charge in [0.25, 0.3) is 0 Å². The van der Waals surface area contributed by atoms with Crippen LogP contribution in [-0.4, -0.2) is 32.6 Å². The molecule has 16 heavy (non-hydrogen) atoms. The molecule has 0 aliphatic heterocycles. The minimum Gasteiger partial charge on any atom is -0.394 e. The summed E-state index contributed by atoms with van der Waals surface area (Å²) in [6.07, 6.45) is 4.48. The summed E-state index contributed by atoms with van der Waals surface area (Å²) < 4.78 is 0. The molecule has 86 valence electrons. The lowest BCUT2D eigenvalue weighted by atomic mass is 10.2. The maximum atomic E-state index is 10.4. The van der Waals surface area contributed by atoms with Gasteiger partial charge in [-0.05, 0) is 18.8 Å². The van der Waals surface area contributed by atoms with Crippen LogP contribution in [0.1, 0.15) is 12.8 Å². The molecule has 1 unspecified atom stereocenters. The number of nitro groups is 1. The fraction of sp³-hybridized carbons (Fsp3) is 0.556. The van der Waals surface area contributed by atoms with E-state index >= 15 is 0 Å². The molecule has 7 nitrogen and oxygen atoms in total. The van der Waals surface area contributed by atoms with Crippen LogP contribution in [0.25, 0.3) is 0 Å². The summed E-state index contributed by atoms with van der Waals surface area (Å²) in [6.45, 7) is 0.0189. The zero-order valence-electron chi connectivity index (χ0n) is 8.54. The molecule has 1 aromatic rings. The normalized spacial score (nSPS) is 16.8. The second-order valence-corrected chi connectivity index (χ2v) is 3.79. The van der Waals surface area contributed by atoms with Crippen LogP contribution >= 0.6 is 0 Å². The van der Waals surface area contributed by atoms with E-state index < -0.39 is 4.92 Å². The number of nitrogens with one attached hydrogen (secondary N) is 1. The monoisotopic (exact) mass is 224 g/mol. The zero-order valence-corrected chi connectivity index (χ0v) is 8.54. The second kappa shape index (κ2) is 4.40. The standard InChI is InChI=1S/C9H12N4O3/c14-5-8(6-1-2-6)12-9-10-3-7(4-11-9)13(15)16/h3-4,6,8,14H,1-2,5H2,(H,10,11,12). The van der Waals surface area contributed by atoms with E-state index in [0.29, 0.717) is 11.9 Å². The molecule has 2 rings (SSSR count). The molecule has 0 saturated heterocycles. The first-order chi connectivity index (χ1) is 7.70. The van der Waals surface area contributed by atoms with Gasteiger partial charge < -0.3 is 10.4 Å². The molecule has 2 N–H and O–H groups in total. The number of hydrogen-bond acceptors (Lipinski definition) is 6. The molecule has 1 aliphatic rings. The Hall–Kier alpha value is -1.76. The number of aromatic nitrogens is 2. The van der Waals surface area contributed by atoms with E-state index in [1.54, 1.807) is 0 Å². The molecule has 0 bridgehead atoms. The smallest absolute Gasteiger partial charge is 0.305 e. The van der Waals surface area contributed by atoms with E-state index in [-0.39, 0.29) is 18.3 Å². The van der Waals surface area contributed by atoms with Crippen molar-refractivity contribution in [1.82, 2.24) is 9.97 Å². The van der Waals surface area contributed by atoms with Crippen LogP contribution in [0.4, 0.5) is 11.6 Å². The molecule has 0 spiro atoms. The molecule has 1 atom stereocenters. The number of rotatable bonds is 5. The van der Waals surface area contributed by atoms with Crippen LogP contribution in [0.15, 0.2) is 12.4 Å². The maximum Gasteiger partial charge on any atom is 0.305 e. The van der Waals surface area contributed by atoms with E-state index in [2.05, 4.69) is 15.3 Å². The fourth-order valence-corrected chi connectivity index (χ4v) is 1.47. The van der Waals surface area contributed by atoms with Crippen molar-refractivity contribution >= 4 is 11.6 Å². The highest BCUT2D eigenvalue weighted by Gasteiger charge is 2.31. The van der Waals surface area contributed by atoms with Gasteiger partial charge in [-0.2, -0.15) is 0 Å². The van der Waals surface area contributed by atoms with Gasteiger partial charge in [0.15, 0.2) is 0 Å². The lowest BCUT2D eigenvalue weighted by Gasteiger charge is -2.14. The van der Waals surface area contributed by atoms with E-state index in [1.165, 1.54) is 0 Å². The van der Waals surface area contributed by atoms with Gasteiger partial charge in [0, 0.05) is 0 Å². The number of aliphatic hydroxyl groups is 1. The second-order valence-electron chi connectivity index (χ2n) is 3.79. The molecule has 1 aliphatic carbocycles. The van der Waals surface area contributed by atoms with Crippen LogP contribution in [0, 0.1) is 16.0 Å². The Labute approximate surface area is 91.7 Å². The number of hydrogen-bond donors (Lipinski definition) is 2. The van der Waals surface area contributed by atoms with Crippen molar-refractivity contribution in [2.24, 2.45) is 5.92 Å². The van der Waals surface area contributed by atoms with E-state index in [9.17, 15) is 10.1 Å². The van der Waals surface area contributed by atoms with Crippen molar-refractivity contribution in [2.75, 3.05) is 11.9 Å². The molecule has 1 fully saturated rings. The van der Waals surface area contributed by atoms with Crippen LogP contribution < -0.4 is 5.32 Å². The Bertz CT molecular complexity index is 377. The van der Waals surface area contributed by atoms with Gasteiger partial charge in [-0.25, -0.2) is 9.97 Å². The van der Waals surface area contributed by atoms with Gasteiger partial charge in [-0.15, -0.1) is 0 Å². The molecule has 0 amide bonds. The summed E-state index contributed by atoms with van der Waals surface area (Å²) in [5, 5.41) is 22.5. The van der Waals surface area contributed by atoms with Crippen molar-refractivity contribution in [3.8, 4) is 0 Å². The Balaban J connectivity index is 2.01. The van der Waals surface area contributed by atoms with Crippen LogP contribution in [0.2, 0.25) is 0 Å². The Kier molecular flexibility index (Phi) is 2.95.